The maximum Gasteiger partial charge on any atom is 0.337 e. The van der Waals surface area contributed by atoms with Crippen molar-refractivity contribution < 1.29 is 9.53 Å². The van der Waals surface area contributed by atoms with Gasteiger partial charge in [0.05, 0.1) is 24.0 Å². The molecule has 0 bridgehead atoms. The number of carbonyl (C=O) groups excluding carboxylic acids is 1. The molecule has 0 heterocycles. The van der Waals surface area contributed by atoms with Crippen molar-refractivity contribution in [3.63, 3.8) is 0 Å². The van der Waals surface area contributed by atoms with E-state index in [1.54, 1.807) is 18.2 Å². The van der Waals surface area contributed by atoms with Crippen LogP contribution in [0.5, 0.6) is 0 Å². The smallest absolute Gasteiger partial charge is 0.337 e. The molecule has 92 valence electrons. The van der Waals surface area contributed by atoms with Gasteiger partial charge >= 0.3 is 5.97 Å². The Kier molecular flexibility index (Phi) is 3.22. The fourth-order valence-corrected chi connectivity index (χ4v) is 1.88. The Balaban J connectivity index is 2.06. The second-order valence-corrected chi connectivity index (χ2v) is 4.65. The summed E-state index contributed by atoms with van der Waals surface area (Å²) in [5.74, 6) is 1.19. The van der Waals surface area contributed by atoms with Gasteiger partial charge < -0.3 is 15.8 Å². The predicted molar refractivity (Wildman–Crippen MR) is 68.0 cm³/mol. The summed E-state index contributed by atoms with van der Waals surface area (Å²) in [6, 6.07) is 5.14. The van der Waals surface area contributed by atoms with E-state index in [9.17, 15) is 4.79 Å². The highest BCUT2D eigenvalue weighted by Gasteiger charge is 2.31. The molecule has 2 rings (SSSR count). The van der Waals surface area contributed by atoms with Crippen molar-refractivity contribution in [1.82, 2.24) is 0 Å². The average molecular weight is 234 g/mol. The molecule has 1 aliphatic carbocycles. The first-order valence-corrected chi connectivity index (χ1v) is 5.83. The zero-order chi connectivity index (χ0) is 12.4. The topological polar surface area (TPSA) is 64.3 Å². The number of nitrogens with two attached hydrogens (primary N) is 1. The fourth-order valence-electron chi connectivity index (χ4n) is 1.88. The number of esters is 1. The predicted octanol–water partition coefficient (Wildman–Crippen LogP) is 2.12. The van der Waals surface area contributed by atoms with Gasteiger partial charge in [-0.25, -0.2) is 4.79 Å². The third kappa shape index (κ3) is 2.70. The third-order valence-corrected chi connectivity index (χ3v) is 3.31. The van der Waals surface area contributed by atoms with Crippen molar-refractivity contribution in [3.8, 4) is 0 Å². The van der Waals surface area contributed by atoms with Crippen LogP contribution in [0.3, 0.4) is 0 Å². The van der Waals surface area contributed by atoms with Gasteiger partial charge in [0.15, 0.2) is 0 Å². The van der Waals surface area contributed by atoms with E-state index in [0.717, 1.165) is 24.1 Å². The average Bonchev–Trinajstić information content (AvgIpc) is 3.03. The Bertz CT molecular complexity index is 431. The Morgan fingerprint density at radius 2 is 2.29 bits per heavy atom. The van der Waals surface area contributed by atoms with Crippen molar-refractivity contribution in [2.24, 2.45) is 11.8 Å². The summed E-state index contributed by atoms with van der Waals surface area (Å²) in [4.78, 5) is 11.4. The van der Waals surface area contributed by atoms with Gasteiger partial charge in [0, 0.05) is 6.54 Å². The molecule has 1 aromatic carbocycles. The lowest BCUT2D eigenvalue weighted by atomic mass is 10.1. The van der Waals surface area contributed by atoms with Crippen molar-refractivity contribution in [1.29, 1.82) is 0 Å². The minimum atomic E-state index is -0.340. The molecule has 0 saturated heterocycles. The maximum atomic E-state index is 11.4. The van der Waals surface area contributed by atoms with E-state index < -0.39 is 0 Å². The summed E-state index contributed by atoms with van der Waals surface area (Å²) in [6.07, 6.45) is 1.27. The SMILES string of the molecule is COC(=O)c1ccc(N)c(NCC2CC2C)c1. The summed E-state index contributed by atoms with van der Waals surface area (Å²) < 4.78 is 4.68. The van der Waals surface area contributed by atoms with Gasteiger partial charge in [0.2, 0.25) is 0 Å². The number of nitrogen functional groups attached to an aromatic ring is 1. The van der Waals surface area contributed by atoms with Crippen molar-refractivity contribution >= 4 is 17.3 Å². The minimum absolute atomic E-state index is 0.340. The largest absolute Gasteiger partial charge is 0.465 e. The van der Waals surface area contributed by atoms with Crippen molar-refractivity contribution in [2.45, 2.75) is 13.3 Å². The van der Waals surface area contributed by atoms with Crippen LogP contribution in [0, 0.1) is 11.8 Å². The number of hydrogen-bond acceptors (Lipinski definition) is 4. The molecule has 0 aromatic heterocycles. The molecule has 2 unspecified atom stereocenters. The number of carbonyl (C=O) groups is 1. The van der Waals surface area contributed by atoms with E-state index in [0.29, 0.717) is 11.3 Å². The summed E-state index contributed by atoms with van der Waals surface area (Å²) in [6.45, 7) is 3.15. The zero-order valence-corrected chi connectivity index (χ0v) is 10.2. The van der Waals surface area contributed by atoms with Crippen LogP contribution in [0.4, 0.5) is 11.4 Å². The molecular weight excluding hydrogens is 216 g/mol. The van der Waals surface area contributed by atoms with E-state index in [-0.39, 0.29) is 5.97 Å². The Hall–Kier alpha value is -1.71. The molecule has 1 saturated carbocycles. The molecule has 0 spiro atoms. The van der Waals surface area contributed by atoms with Crippen LogP contribution in [-0.4, -0.2) is 19.6 Å². The van der Waals surface area contributed by atoms with E-state index >= 15 is 0 Å². The number of benzene rings is 1. The standard InChI is InChI=1S/C13H18N2O2/c1-8-5-10(8)7-15-12-6-9(13(16)17-2)3-4-11(12)14/h3-4,6,8,10,15H,5,7,14H2,1-2H3. The highest BCUT2D eigenvalue weighted by Crippen LogP contribution is 2.37. The van der Waals surface area contributed by atoms with Crippen LogP contribution < -0.4 is 11.1 Å². The molecule has 1 aliphatic rings. The van der Waals surface area contributed by atoms with Crippen LogP contribution in [0.2, 0.25) is 0 Å². The highest BCUT2D eigenvalue weighted by atomic mass is 16.5. The van der Waals surface area contributed by atoms with Gasteiger partial charge in [-0.15, -0.1) is 0 Å². The van der Waals surface area contributed by atoms with Crippen LogP contribution in [0.25, 0.3) is 0 Å². The lowest BCUT2D eigenvalue weighted by Crippen LogP contribution is -2.09. The first kappa shape index (κ1) is 11.8. The number of nitrogens with one attached hydrogen (secondary N) is 1. The normalized spacial score (nSPS) is 22.0. The van der Waals surface area contributed by atoms with Gasteiger partial charge in [-0.3, -0.25) is 0 Å². The number of methoxy groups -OCH3 is 1. The molecule has 0 radical (unpaired) electrons. The Morgan fingerprint density at radius 1 is 1.59 bits per heavy atom. The molecule has 1 fully saturated rings. The van der Waals surface area contributed by atoms with Gasteiger partial charge in [-0.2, -0.15) is 0 Å². The highest BCUT2D eigenvalue weighted by molar-refractivity contribution is 5.91. The Labute approximate surface area is 101 Å². The second kappa shape index (κ2) is 4.65. The van der Waals surface area contributed by atoms with E-state index in [1.807, 2.05) is 0 Å². The summed E-state index contributed by atoms with van der Waals surface area (Å²) in [5, 5.41) is 3.29. The minimum Gasteiger partial charge on any atom is -0.465 e. The van der Waals surface area contributed by atoms with E-state index in [2.05, 4.69) is 17.0 Å². The zero-order valence-electron chi connectivity index (χ0n) is 10.2. The second-order valence-electron chi connectivity index (χ2n) is 4.65. The van der Waals surface area contributed by atoms with E-state index in [4.69, 9.17) is 5.73 Å². The summed E-state index contributed by atoms with van der Waals surface area (Å²) >= 11 is 0. The molecular formula is C13H18N2O2. The van der Waals surface area contributed by atoms with Gasteiger partial charge in [-0.1, -0.05) is 6.92 Å². The van der Waals surface area contributed by atoms with Gasteiger partial charge in [0.25, 0.3) is 0 Å². The summed E-state index contributed by atoms with van der Waals surface area (Å²) in [5.41, 5.74) is 7.85. The number of ether oxygens (including phenoxy) is 1. The first-order valence-electron chi connectivity index (χ1n) is 5.83. The molecule has 4 heteroatoms. The van der Waals surface area contributed by atoms with Gasteiger partial charge in [-0.05, 0) is 36.5 Å². The lowest BCUT2D eigenvalue weighted by molar-refractivity contribution is 0.0601. The molecule has 3 N–H and O–H groups in total. The quantitative estimate of drug-likeness (QED) is 0.618. The lowest BCUT2D eigenvalue weighted by Gasteiger charge is -2.10. The first-order chi connectivity index (χ1) is 8.11. The number of rotatable bonds is 4. The molecule has 2 atom stereocenters. The summed E-state index contributed by atoms with van der Waals surface area (Å²) in [7, 11) is 1.37. The van der Waals surface area contributed by atoms with Crippen LogP contribution in [-0.2, 0) is 4.74 Å². The Morgan fingerprint density at radius 3 is 2.88 bits per heavy atom. The fraction of sp³-hybridized carbons (Fsp3) is 0.462. The number of hydrogen-bond donors (Lipinski definition) is 2. The van der Waals surface area contributed by atoms with Crippen LogP contribution >= 0.6 is 0 Å². The molecule has 0 amide bonds. The monoisotopic (exact) mass is 234 g/mol. The molecule has 1 aromatic rings. The van der Waals surface area contributed by atoms with Crippen LogP contribution in [0.1, 0.15) is 23.7 Å². The molecule has 4 nitrogen and oxygen atoms in total. The van der Waals surface area contributed by atoms with Crippen molar-refractivity contribution in [3.05, 3.63) is 23.8 Å². The van der Waals surface area contributed by atoms with Crippen LogP contribution in [0.15, 0.2) is 18.2 Å². The molecule has 0 aliphatic heterocycles. The van der Waals surface area contributed by atoms with E-state index in [1.165, 1.54) is 13.5 Å². The number of anilines is 2. The van der Waals surface area contributed by atoms with Crippen molar-refractivity contribution in [2.75, 3.05) is 24.7 Å². The molecule has 17 heavy (non-hydrogen) atoms. The third-order valence-electron chi connectivity index (χ3n) is 3.31. The maximum absolute atomic E-state index is 11.4. The van der Waals surface area contributed by atoms with Gasteiger partial charge in [0.1, 0.15) is 0 Å².